The van der Waals surface area contributed by atoms with E-state index in [1.807, 2.05) is 35.0 Å². The fourth-order valence-corrected chi connectivity index (χ4v) is 1.89. The number of carbonyl (C=O) groups excluding carboxylic acids is 1. The van der Waals surface area contributed by atoms with E-state index in [0.717, 1.165) is 24.1 Å². The molecule has 1 aromatic carbocycles. The van der Waals surface area contributed by atoms with E-state index < -0.39 is 0 Å². The molecule has 2 rings (SSSR count). The van der Waals surface area contributed by atoms with Gasteiger partial charge in [-0.15, -0.1) is 0 Å². The number of hydrogen-bond acceptors (Lipinski definition) is 2. The summed E-state index contributed by atoms with van der Waals surface area (Å²) in [5.41, 5.74) is 2.15. The smallest absolute Gasteiger partial charge is 0.137 e. The van der Waals surface area contributed by atoms with Gasteiger partial charge in [0, 0.05) is 30.9 Å². The Hall–Kier alpha value is -1.90. The van der Waals surface area contributed by atoms with Crippen molar-refractivity contribution in [1.82, 2.24) is 9.55 Å². The Morgan fingerprint density at radius 2 is 2.06 bits per heavy atom. The van der Waals surface area contributed by atoms with E-state index in [-0.39, 0.29) is 0 Å². The highest BCUT2D eigenvalue weighted by molar-refractivity contribution is 5.80. The molecule has 1 heterocycles. The average molecular weight is 242 g/mol. The van der Waals surface area contributed by atoms with Crippen molar-refractivity contribution >= 4 is 5.78 Å². The van der Waals surface area contributed by atoms with Gasteiger partial charge in [-0.2, -0.15) is 0 Å². The zero-order valence-corrected chi connectivity index (χ0v) is 10.7. The fraction of sp³-hybridized carbons (Fsp3) is 0.333. The largest absolute Gasteiger partial charge is 0.306 e. The van der Waals surface area contributed by atoms with Gasteiger partial charge in [-0.1, -0.05) is 25.5 Å². The van der Waals surface area contributed by atoms with Crippen molar-refractivity contribution in [1.29, 1.82) is 0 Å². The molecule has 0 saturated heterocycles. The van der Waals surface area contributed by atoms with Gasteiger partial charge in [0.25, 0.3) is 0 Å². The van der Waals surface area contributed by atoms with Gasteiger partial charge in [0.2, 0.25) is 0 Å². The number of nitrogens with zero attached hydrogens (tertiary/aromatic N) is 2. The molecule has 0 spiro atoms. The van der Waals surface area contributed by atoms with Crippen molar-refractivity contribution in [2.45, 2.75) is 32.6 Å². The van der Waals surface area contributed by atoms with Gasteiger partial charge in [0.1, 0.15) is 5.78 Å². The molecule has 1 aromatic heterocycles. The van der Waals surface area contributed by atoms with Crippen LogP contribution >= 0.6 is 0 Å². The van der Waals surface area contributed by atoms with Crippen LogP contribution in [0.4, 0.5) is 0 Å². The van der Waals surface area contributed by atoms with E-state index in [1.54, 1.807) is 12.5 Å². The van der Waals surface area contributed by atoms with Crippen LogP contribution in [-0.2, 0) is 11.2 Å². The standard InChI is InChI=1S/C15H18N2O/c1-2-3-4-15(18)11-13-5-7-14(8-6-13)17-10-9-16-12-17/h5-10,12H,2-4,11H2,1H3. The van der Waals surface area contributed by atoms with Crippen LogP contribution in [0.25, 0.3) is 5.69 Å². The van der Waals surface area contributed by atoms with Crippen LogP contribution in [0.2, 0.25) is 0 Å². The summed E-state index contributed by atoms with van der Waals surface area (Å²) in [6.45, 7) is 2.10. The Balaban J connectivity index is 1.98. The zero-order valence-electron chi connectivity index (χ0n) is 10.7. The van der Waals surface area contributed by atoms with Crippen molar-refractivity contribution in [3.05, 3.63) is 48.5 Å². The minimum absolute atomic E-state index is 0.326. The predicted octanol–water partition coefficient (Wildman–Crippen LogP) is 3.17. The van der Waals surface area contributed by atoms with Gasteiger partial charge in [-0.25, -0.2) is 4.98 Å². The highest BCUT2D eigenvalue weighted by atomic mass is 16.1. The molecule has 0 amide bonds. The number of Topliss-reactive ketones (excluding diaryl/α,β-unsaturated/α-hetero) is 1. The molecule has 0 atom stereocenters. The lowest BCUT2D eigenvalue weighted by molar-refractivity contribution is -0.118. The minimum atomic E-state index is 0.326. The Kier molecular flexibility index (Phi) is 4.29. The summed E-state index contributed by atoms with van der Waals surface area (Å²) in [6.07, 6.45) is 8.73. The monoisotopic (exact) mass is 242 g/mol. The van der Waals surface area contributed by atoms with Crippen molar-refractivity contribution in [3.63, 3.8) is 0 Å². The lowest BCUT2D eigenvalue weighted by Gasteiger charge is -2.04. The summed E-state index contributed by atoms with van der Waals surface area (Å²) in [4.78, 5) is 15.7. The van der Waals surface area contributed by atoms with Crippen LogP contribution in [0.5, 0.6) is 0 Å². The maximum atomic E-state index is 11.7. The molecule has 0 saturated carbocycles. The Morgan fingerprint density at radius 1 is 1.28 bits per heavy atom. The van der Waals surface area contributed by atoms with E-state index in [0.29, 0.717) is 18.6 Å². The maximum Gasteiger partial charge on any atom is 0.137 e. The van der Waals surface area contributed by atoms with Gasteiger partial charge < -0.3 is 4.57 Å². The molecule has 94 valence electrons. The van der Waals surface area contributed by atoms with Gasteiger partial charge in [-0.3, -0.25) is 4.79 Å². The summed E-state index contributed by atoms with van der Waals surface area (Å²) < 4.78 is 1.95. The first kappa shape index (κ1) is 12.6. The number of hydrogen-bond donors (Lipinski definition) is 0. The number of imidazole rings is 1. The van der Waals surface area contributed by atoms with Crippen LogP contribution < -0.4 is 0 Å². The maximum absolute atomic E-state index is 11.7. The fourth-order valence-electron chi connectivity index (χ4n) is 1.89. The number of benzene rings is 1. The Bertz CT molecular complexity index is 486. The Labute approximate surface area is 107 Å². The van der Waals surface area contributed by atoms with Crippen LogP contribution in [0.15, 0.2) is 43.0 Å². The summed E-state index contributed by atoms with van der Waals surface area (Å²) in [7, 11) is 0. The highest BCUT2D eigenvalue weighted by Gasteiger charge is 2.03. The lowest BCUT2D eigenvalue weighted by Crippen LogP contribution is -2.02. The second kappa shape index (κ2) is 6.15. The molecule has 0 aliphatic heterocycles. The number of ketones is 1. The third kappa shape index (κ3) is 3.29. The second-order valence-electron chi connectivity index (χ2n) is 4.46. The molecule has 0 bridgehead atoms. The summed E-state index contributed by atoms with van der Waals surface area (Å²) >= 11 is 0. The van der Waals surface area contributed by atoms with E-state index in [2.05, 4.69) is 11.9 Å². The quantitative estimate of drug-likeness (QED) is 0.779. The van der Waals surface area contributed by atoms with E-state index >= 15 is 0 Å². The third-order valence-corrected chi connectivity index (χ3v) is 2.95. The third-order valence-electron chi connectivity index (χ3n) is 2.95. The molecule has 0 fully saturated rings. The zero-order chi connectivity index (χ0) is 12.8. The van der Waals surface area contributed by atoms with Gasteiger partial charge in [-0.05, 0) is 24.1 Å². The van der Waals surface area contributed by atoms with Crippen molar-refractivity contribution in [2.24, 2.45) is 0 Å². The molecule has 0 aliphatic rings. The molecule has 0 N–H and O–H groups in total. The summed E-state index contributed by atoms with van der Waals surface area (Å²) in [6, 6.07) is 8.06. The van der Waals surface area contributed by atoms with E-state index in [9.17, 15) is 4.79 Å². The number of aromatic nitrogens is 2. The van der Waals surface area contributed by atoms with Crippen molar-refractivity contribution in [2.75, 3.05) is 0 Å². The molecule has 3 heteroatoms. The van der Waals surface area contributed by atoms with Gasteiger partial charge in [0.15, 0.2) is 0 Å². The molecule has 3 nitrogen and oxygen atoms in total. The molecule has 2 aromatic rings. The average Bonchev–Trinajstić information content (AvgIpc) is 2.91. The number of rotatable bonds is 6. The van der Waals surface area contributed by atoms with Crippen LogP contribution in [-0.4, -0.2) is 15.3 Å². The normalized spacial score (nSPS) is 10.5. The predicted molar refractivity (Wildman–Crippen MR) is 71.8 cm³/mol. The first-order chi connectivity index (χ1) is 8.79. The molecule has 0 radical (unpaired) electrons. The number of unbranched alkanes of at least 4 members (excludes halogenated alkanes) is 1. The van der Waals surface area contributed by atoms with Gasteiger partial charge >= 0.3 is 0 Å². The van der Waals surface area contributed by atoms with E-state index in [4.69, 9.17) is 0 Å². The van der Waals surface area contributed by atoms with Crippen LogP contribution in [0, 0.1) is 0 Å². The van der Waals surface area contributed by atoms with Crippen molar-refractivity contribution < 1.29 is 4.79 Å². The Morgan fingerprint density at radius 3 is 2.67 bits per heavy atom. The summed E-state index contributed by atoms with van der Waals surface area (Å²) in [5.74, 6) is 0.326. The number of carbonyl (C=O) groups is 1. The van der Waals surface area contributed by atoms with Crippen LogP contribution in [0.1, 0.15) is 31.7 Å². The first-order valence-corrected chi connectivity index (χ1v) is 6.38. The van der Waals surface area contributed by atoms with Gasteiger partial charge in [0.05, 0.1) is 6.33 Å². The second-order valence-corrected chi connectivity index (χ2v) is 4.46. The minimum Gasteiger partial charge on any atom is -0.306 e. The SMILES string of the molecule is CCCCC(=O)Cc1ccc(-n2ccnc2)cc1. The molecule has 0 aliphatic carbocycles. The molecular formula is C15H18N2O. The van der Waals surface area contributed by atoms with E-state index in [1.165, 1.54) is 0 Å². The molecular weight excluding hydrogens is 224 g/mol. The molecule has 18 heavy (non-hydrogen) atoms. The first-order valence-electron chi connectivity index (χ1n) is 6.38. The highest BCUT2D eigenvalue weighted by Crippen LogP contribution is 2.11. The van der Waals surface area contributed by atoms with Crippen molar-refractivity contribution in [3.8, 4) is 5.69 Å². The lowest BCUT2D eigenvalue weighted by atomic mass is 10.0. The summed E-state index contributed by atoms with van der Waals surface area (Å²) in [5, 5.41) is 0. The van der Waals surface area contributed by atoms with Crippen LogP contribution in [0.3, 0.4) is 0 Å². The molecule has 0 unspecified atom stereocenters. The topological polar surface area (TPSA) is 34.9 Å².